The fourth-order valence-corrected chi connectivity index (χ4v) is 3.04. The van der Waals surface area contributed by atoms with Gasteiger partial charge in [-0.25, -0.2) is 4.98 Å². The zero-order chi connectivity index (χ0) is 18.1. The smallest absolute Gasteiger partial charge is 0.224 e. The monoisotopic (exact) mass is 360 g/mol. The molecule has 2 N–H and O–H groups in total. The van der Waals surface area contributed by atoms with Crippen LogP contribution in [0.5, 0.6) is 0 Å². The van der Waals surface area contributed by atoms with E-state index in [4.69, 9.17) is 0 Å². The molecule has 0 atom stereocenters. The van der Waals surface area contributed by atoms with Gasteiger partial charge < -0.3 is 15.2 Å². The van der Waals surface area contributed by atoms with E-state index in [1.807, 2.05) is 42.1 Å². The molecule has 0 radical (unpaired) electrons. The molecule has 6 nitrogen and oxygen atoms in total. The lowest BCUT2D eigenvalue weighted by molar-refractivity contribution is -0.119. The molecule has 2 aromatic rings. The summed E-state index contributed by atoms with van der Waals surface area (Å²) < 4.78 is 1.96. The molecule has 0 aliphatic rings. The number of hydrogen-bond donors (Lipinski definition) is 2. The van der Waals surface area contributed by atoms with Crippen molar-refractivity contribution in [3.63, 3.8) is 0 Å². The number of benzene rings is 1. The molecule has 1 aromatic carbocycles. The third-order valence-corrected chi connectivity index (χ3v) is 4.66. The average Bonchev–Trinajstić information content (AvgIpc) is 2.97. The summed E-state index contributed by atoms with van der Waals surface area (Å²) in [6.07, 6.45) is 6.81. The lowest BCUT2D eigenvalue weighted by atomic mass is 10.2. The maximum absolute atomic E-state index is 11.9. The van der Waals surface area contributed by atoms with Crippen LogP contribution in [0.2, 0.25) is 0 Å². The third-order valence-electron chi connectivity index (χ3n) is 3.58. The first kappa shape index (κ1) is 19.1. The van der Waals surface area contributed by atoms with Gasteiger partial charge in [-0.2, -0.15) is 0 Å². The maximum Gasteiger partial charge on any atom is 0.224 e. The van der Waals surface area contributed by atoms with Crippen molar-refractivity contribution >= 4 is 29.3 Å². The minimum atomic E-state index is -0.0118. The molecular weight excluding hydrogens is 336 g/mol. The number of carbonyl (C=O) groups is 2. The summed E-state index contributed by atoms with van der Waals surface area (Å²) in [5.41, 5.74) is 0.799. The normalized spacial score (nSPS) is 10.5. The summed E-state index contributed by atoms with van der Waals surface area (Å²) in [5.74, 6) is 0.00583. The van der Waals surface area contributed by atoms with Gasteiger partial charge in [0.1, 0.15) is 0 Å². The lowest BCUT2D eigenvalue weighted by Gasteiger charge is -2.07. The molecule has 134 valence electrons. The van der Waals surface area contributed by atoms with Gasteiger partial charge >= 0.3 is 0 Å². The molecule has 0 fully saturated rings. The van der Waals surface area contributed by atoms with E-state index >= 15 is 0 Å². The van der Waals surface area contributed by atoms with Crippen molar-refractivity contribution in [2.24, 2.45) is 7.05 Å². The molecule has 25 heavy (non-hydrogen) atoms. The molecule has 1 aromatic heterocycles. The van der Waals surface area contributed by atoms with E-state index in [9.17, 15) is 9.59 Å². The standard InChI is InChI=1S/C18H24N4O2S/c1-14(23)19-11-5-3-4-6-17(24)21-15-7-9-16(10-8-15)25-18-20-12-13-22(18)2/h7-10,12-13H,3-6,11H2,1-2H3,(H,19,23)(H,21,24). The number of hydrogen-bond acceptors (Lipinski definition) is 4. The predicted molar refractivity (Wildman–Crippen MR) is 99.6 cm³/mol. The molecule has 0 saturated heterocycles. The number of aromatic nitrogens is 2. The largest absolute Gasteiger partial charge is 0.356 e. The summed E-state index contributed by atoms with van der Waals surface area (Å²) >= 11 is 1.58. The quantitative estimate of drug-likeness (QED) is 0.673. The maximum atomic E-state index is 11.9. The van der Waals surface area contributed by atoms with E-state index < -0.39 is 0 Å². The molecule has 1 heterocycles. The zero-order valence-corrected chi connectivity index (χ0v) is 15.4. The Morgan fingerprint density at radius 3 is 2.56 bits per heavy atom. The van der Waals surface area contributed by atoms with Crippen molar-refractivity contribution in [3.05, 3.63) is 36.7 Å². The Kier molecular flexibility index (Phi) is 7.53. The van der Waals surface area contributed by atoms with E-state index in [0.29, 0.717) is 13.0 Å². The number of rotatable bonds is 9. The van der Waals surface area contributed by atoms with Crippen LogP contribution in [0, 0.1) is 0 Å². The predicted octanol–water partition coefficient (Wildman–Crippen LogP) is 3.21. The summed E-state index contributed by atoms with van der Waals surface area (Å²) in [6, 6.07) is 7.75. The van der Waals surface area contributed by atoms with Crippen molar-refractivity contribution in [1.82, 2.24) is 14.9 Å². The van der Waals surface area contributed by atoms with E-state index in [2.05, 4.69) is 15.6 Å². The highest BCUT2D eigenvalue weighted by atomic mass is 32.2. The van der Waals surface area contributed by atoms with Gasteiger partial charge in [0.05, 0.1) is 0 Å². The number of nitrogens with one attached hydrogen (secondary N) is 2. The van der Waals surface area contributed by atoms with Crippen LogP contribution >= 0.6 is 11.8 Å². The van der Waals surface area contributed by atoms with Crippen molar-refractivity contribution < 1.29 is 9.59 Å². The van der Waals surface area contributed by atoms with E-state index in [0.717, 1.165) is 35.0 Å². The van der Waals surface area contributed by atoms with Gasteiger partial charge in [-0.15, -0.1) is 0 Å². The summed E-state index contributed by atoms with van der Waals surface area (Å²) in [7, 11) is 1.96. The molecule has 7 heteroatoms. The Hall–Kier alpha value is -2.28. The number of imidazole rings is 1. The number of carbonyl (C=O) groups excluding carboxylic acids is 2. The number of unbranched alkanes of at least 4 members (excludes halogenated alkanes) is 2. The number of nitrogens with zero attached hydrogens (tertiary/aromatic N) is 2. The second-order valence-corrected chi connectivity index (χ2v) is 6.83. The van der Waals surface area contributed by atoms with Crippen molar-refractivity contribution in [1.29, 1.82) is 0 Å². The Bertz CT molecular complexity index is 697. The van der Waals surface area contributed by atoms with E-state index in [-0.39, 0.29) is 11.8 Å². The van der Waals surface area contributed by atoms with Gasteiger partial charge in [-0.3, -0.25) is 9.59 Å². The molecule has 2 rings (SSSR count). The number of amides is 2. The van der Waals surface area contributed by atoms with E-state index in [1.165, 1.54) is 6.92 Å². The van der Waals surface area contributed by atoms with Crippen LogP contribution in [-0.4, -0.2) is 27.9 Å². The van der Waals surface area contributed by atoms with Crippen LogP contribution in [0.3, 0.4) is 0 Å². The van der Waals surface area contributed by atoms with Crippen LogP contribution in [0.1, 0.15) is 32.6 Å². The van der Waals surface area contributed by atoms with Crippen LogP contribution in [0.4, 0.5) is 5.69 Å². The second kappa shape index (κ2) is 9.88. The lowest BCUT2D eigenvalue weighted by Crippen LogP contribution is -2.20. The second-order valence-electron chi connectivity index (χ2n) is 5.79. The summed E-state index contributed by atoms with van der Waals surface area (Å²) in [6.45, 7) is 2.18. The highest BCUT2D eigenvalue weighted by Crippen LogP contribution is 2.26. The van der Waals surface area contributed by atoms with Crippen LogP contribution < -0.4 is 10.6 Å². The third kappa shape index (κ3) is 7.01. The zero-order valence-electron chi connectivity index (χ0n) is 14.6. The molecule has 0 saturated carbocycles. The molecule has 2 amide bonds. The minimum Gasteiger partial charge on any atom is -0.356 e. The van der Waals surface area contributed by atoms with Crippen LogP contribution in [0.25, 0.3) is 0 Å². The Labute approximate surface area is 152 Å². The van der Waals surface area contributed by atoms with Crippen LogP contribution in [0.15, 0.2) is 46.7 Å². The minimum absolute atomic E-state index is 0.0118. The highest BCUT2D eigenvalue weighted by Gasteiger charge is 2.05. The molecule has 0 bridgehead atoms. The topological polar surface area (TPSA) is 76.0 Å². The Morgan fingerprint density at radius 1 is 1.16 bits per heavy atom. The first-order valence-corrected chi connectivity index (χ1v) is 9.16. The molecular formula is C18H24N4O2S. The Balaban J connectivity index is 1.69. The first-order chi connectivity index (χ1) is 12.0. The van der Waals surface area contributed by atoms with Gasteiger partial charge in [-0.1, -0.05) is 18.2 Å². The molecule has 0 aliphatic carbocycles. The first-order valence-electron chi connectivity index (χ1n) is 8.34. The summed E-state index contributed by atoms with van der Waals surface area (Å²) in [5, 5.41) is 6.59. The van der Waals surface area contributed by atoms with Crippen molar-refractivity contribution in [2.75, 3.05) is 11.9 Å². The van der Waals surface area contributed by atoms with Gasteiger partial charge in [0.25, 0.3) is 0 Å². The van der Waals surface area contributed by atoms with Crippen LogP contribution in [-0.2, 0) is 16.6 Å². The molecule has 0 aliphatic heterocycles. The van der Waals surface area contributed by atoms with Gasteiger partial charge in [-0.05, 0) is 37.1 Å². The molecule has 0 spiro atoms. The number of aryl methyl sites for hydroxylation is 1. The fourth-order valence-electron chi connectivity index (χ4n) is 2.24. The number of anilines is 1. The van der Waals surface area contributed by atoms with Gasteiger partial charge in [0.15, 0.2) is 5.16 Å². The average molecular weight is 360 g/mol. The fraction of sp³-hybridized carbons (Fsp3) is 0.389. The van der Waals surface area contributed by atoms with E-state index in [1.54, 1.807) is 18.0 Å². The molecule has 0 unspecified atom stereocenters. The Morgan fingerprint density at radius 2 is 1.92 bits per heavy atom. The van der Waals surface area contributed by atoms with Gasteiger partial charge in [0, 0.05) is 49.9 Å². The summed E-state index contributed by atoms with van der Waals surface area (Å²) in [4.78, 5) is 28.0. The van der Waals surface area contributed by atoms with Crippen molar-refractivity contribution in [2.45, 2.75) is 42.7 Å². The van der Waals surface area contributed by atoms with Crippen molar-refractivity contribution in [3.8, 4) is 0 Å². The SMILES string of the molecule is CC(=O)NCCCCCC(=O)Nc1ccc(Sc2nccn2C)cc1. The van der Waals surface area contributed by atoms with Gasteiger partial charge in [0.2, 0.25) is 11.8 Å². The highest BCUT2D eigenvalue weighted by molar-refractivity contribution is 7.99.